The van der Waals surface area contributed by atoms with Crippen LogP contribution in [0.4, 0.5) is 0 Å². The quantitative estimate of drug-likeness (QED) is 0.158. The number of furan rings is 1. The molecule has 12 aromatic rings. The Morgan fingerprint density at radius 1 is 0.290 bits per heavy atom. The third kappa shape index (κ3) is 6.09. The van der Waals surface area contributed by atoms with E-state index in [-0.39, 0.29) is 0 Å². The van der Waals surface area contributed by atoms with Gasteiger partial charge in [-0.05, 0) is 48.5 Å². The second-order valence-electron chi connectivity index (χ2n) is 15.1. The fourth-order valence-corrected chi connectivity index (χ4v) is 8.38. The van der Waals surface area contributed by atoms with Gasteiger partial charge in [0, 0.05) is 54.9 Å². The Morgan fingerprint density at radius 3 is 1.24 bits per heavy atom. The van der Waals surface area contributed by atoms with Crippen molar-refractivity contribution in [3.05, 3.63) is 200 Å². The van der Waals surface area contributed by atoms with Gasteiger partial charge in [0.15, 0.2) is 34.9 Å². The van der Waals surface area contributed by atoms with Crippen molar-refractivity contribution in [1.82, 2.24) is 34.5 Å². The van der Waals surface area contributed by atoms with Crippen molar-refractivity contribution in [2.75, 3.05) is 0 Å². The summed E-state index contributed by atoms with van der Waals surface area (Å²) in [6, 6.07) is 67.6. The molecule has 0 saturated heterocycles. The van der Waals surface area contributed by atoms with Gasteiger partial charge in [0.05, 0.1) is 16.7 Å². The number of hydrogen-bond acceptors (Lipinski definition) is 7. The maximum atomic E-state index is 6.31. The second-order valence-corrected chi connectivity index (χ2v) is 15.1. The summed E-state index contributed by atoms with van der Waals surface area (Å²) in [4.78, 5) is 30.9. The van der Waals surface area contributed by atoms with Crippen LogP contribution in [0.15, 0.2) is 205 Å². The summed E-state index contributed by atoms with van der Waals surface area (Å²) in [5.74, 6) is 3.26. The SMILES string of the molecule is c1ccc(-c2nc(-c3ccc(-n4c5ccccc5c5ccccc54)c(-c4nc(-c5ccccc5)nc(-c5ccccc5)n4)c3)nc(-c3ccc4c(c3)oc3ccccc34)n2)cc1. The molecular weight excluding hydrogens is 763 g/mol. The van der Waals surface area contributed by atoms with Gasteiger partial charge in [-0.15, -0.1) is 0 Å². The molecule has 8 heteroatoms. The zero-order valence-electron chi connectivity index (χ0n) is 33.1. The van der Waals surface area contributed by atoms with Crippen LogP contribution in [0.1, 0.15) is 0 Å². The van der Waals surface area contributed by atoms with Crippen molar-refractivity contribution >= 4 is 43.7 Å². The summed E-state index contributed by atoms with van der Waals surface area (Å²) in [5.41, 5.74) is 9.68. The third-order valence-corrected chi connectivity index (χ3v) is 11.3. The van der Waals surface area contributed by atoms with E-state index in [0.717, 1.165) is 82.8 Å². The molecule has 0 amide bonds. The number of benzene rings is 8. The molecule has 0 aliphatic carbocycles. The number of nitrogens with zero attached hydrogens (tertiary/aromatic N) is 7. The van der Waals surface area contributed by atoms with E-state index < -0.39 is 0 Å². The van der Waals surface area contributed by atoms with Gasteiger partial charge < -0.3 is 8.98 Å². The van der Waals surface area contributed by atoms with Gasteiger partial charge in [-0.2, -0.15) is 0 Å². The first-order valence-corrected chi connectivity index (χ1v) is 20.5. The van der Waals surface area contributed by atoms with Gasteiger partial charge in [-0.1, -0.05) is 152 Å². The lowest BCUT2D eigenvalue weighted by Crippen LogP contribution is -2.05. The molecule has 8 aromatic carbocycles. The predicted octanol–water partition coefficient (Wildman–Crippen LogP) is 13.1. The molecule has 0 radical (unpaired) electrons. The molecule has 0 spiro atoms. The fraction of sp³-hybridized carbons (Fsp3) is 0. The Morgan fingerprint density at radius 2 is 0.694 bits per heavy atom. The van der Waals surface area contributed by atoms with Crippen LogP contribution in [-0.4, -0.2) is 34.5 Å². The van der Waals surface area contributed by atoms with Crippen molar-refractivity contribution < 1.29 is 4.42 Å². The molecule has 12 rings (SSSR count). The number of aromatic nitrogens is 7. The summed E-state index contributed by atoms with van der Waals surface area (Å²) in [5, 5.41) is 4.41. The molecule has 62 heavy (non-hydrogen) atoms. The number of hydrogen-bond donors (Lipinski definition) is 0. The Labute approximate surface area is 355 Å². The third-order valence-electron chi connectivity index (χ3n) is 11.3. The topological polar surface area (TPSA) is 95.4 Å². The van der Waals surface area contributed by atoms with E-state index in [4.69, 9.17) is 34.3 Å². The first-order chi connectivity index (χ1) is 30.7. The monoisotopic (exact) mass is 795 g/mol. The van der Waals surface area contributed by atoms with Gasteiger partial charge >= 0.3 is 0 Å². The molecule has 0 saturated carbocycles. The minimum atomic E-state index is 0.509. The van der Waals surface area contributed by atoms with Gasteiger partial charge in [-0.25, -0.2) is 29.9 Å². The number of fused-ring (bicyclic) bond motifs is 6. The van der Waals surface area contributed by atoms with Crippen molar-refractivity contribution in [3.8, 4) is 74.0 Å². The average molecular weight is 796 g/mol. The molecule has 0 fully saturated rings. The van der Waals surface area contributed by atoms with E-state index in [1.54, 1.807) is 0 Å². The highest BCUT2D eigenvalue weighted by Gasteiger charge is 2.22. The Kier molecular flexibility index (Phi) is 8.31. The van der Waals surface area contributed by atoms with Crippen molar-refractivity contribution in [2.24, 2.45) is 0 Å². The summed E-state index contributed by atoms with van der Waals surface area (Å²) >= 11 is 0. The summed E-state index contributed by atoms with van der Waals surface area (Å²) < 4.78 is 8.61. The van der Waals surface area contributed by atoms with Crippen LogP contribution < -0.4 is 0 Å². The molecule has 4 aromatic heterocycles. The van der Waals surface area contributed by atoms with Crippen LogP contribution in [-0.2, 0) is 0 Å². The Bertz CT molecular complexity index is 3530. The maximum absolute atomic E-state index is 6.31. The van der Waals surface area contributed by atoms with Crippen LogP contribution in [0.5, 0.6) is 0 Å². The van der Waals surface area contributed by atoms with Gasteiger partial charge in [0.25, 0.3) is 0 Å². The highest BCUT2D eigenvalue weighted by Crippen LogP contribution is 2.39. The maximum Gasteiger partial charge on any atom is 0.166 e. The molecule has 0 unspecified atom stereocenters. The van der Waals surface area contributed by atoms with E-state index in [1.165, 1.54) is 0 Å². The molecule has 4 heterocycles. The summed E-state index contributed by atoms with van der Waals surface area (Å²) in [6.07, 6.45) is 0. The zero-order valence-corrected chi connectivity index (χ0v) is 33.1. The molecule has 0 aliphatic heterocycles. The molecule has 290 valence electrons. The number of rotatable bonds is 7. The fourth-order valence-electron chi connectivity index (χ4n) is 8.38. The minimum absolute atomic E-state index is 0.509. The van der Waals surface area contributed by atoms with Crippen molar-refractivity contribution in [2.45, 2.75) is 0 Å². The van der Waals surface area contributed by atoms with Gasteiger partial charge in [-0.3, -0.25) is 0 Å². The van der Waals surface area contributed by atoms with Crippen LogP contribution in [0.25, 0.3) is 118 Å². The smallest absolute Gasteiger partial charge is 0.166 e. The predicted molar refractivity (Wildman–Crippen MR) is 247 cm³/mol. The Hall–Kier alpha value is -8.62. The highest BCUT2D eigenvalue weighted by atomic mass is 16.3. The lowest BCUT2D eigenvalue weighted by atomic mass is 10.1. The Balaban J connectivity index is 1.12. The normalized spacial score (nSPS) is 11.5. The van der Waals surface area contributed by atoms with Crippen LogP contribution in [0.2, 0.25) is 0 Å². The molecule has 0 atom stereocenters. The molecule has 8 nitrogen and oxygen atoms in total. The van der Waals surface area contributed by atoms with Crippen molar-refractivity contribution in [3.63, 3.8) is 0 Å². The van der Waals surface area contributed by atoms with Crippen LogP contribution in [0.3, 0.4) is 0 Å². The summed E-state index contributed by atoms with van der Waals surface area (Å²) in [6.45, 7) is 0. The second kappa shape index (κ2) is 14.6. The zero-order chi connectivity index (χ0) is 41.0. The van der Waals surface area contributed by atoms with Crippen LogP contribution in [0, 0.1) is 0 Å². The number of para-hydroxylation sites is 3. The first kappa shape index (κ1) is 35.3. The highest BCUT2D eigenvalue weighted by molar-refractivity contribution is 6.10. The van der Waals surface area contributed by atoms with E-state index in [1.807, 2.05) is 115 Å². The first-order valence-electron chi connectivity index (χ1n) is 20.5. The molecule has 0 aliphatic rings. The molecule has 0 bridgehead atoms. The molecular formula is C54H33N7O. The van der Waals surface area contributed by atoms with E-state index in [0.29, 0.717) is 34.9 Å². The van der Waals surface area contributed by atoms with E-state index >= 15 is 0 Å². The van der Waals surface area contributed by atoms with E-state index in [2.05, 4.69) is 89.5 Å². The van der Waals surface area contributed by atoms with Crippen LogP contribution >= 0.6 is 0 Å². The molecule has 0 N–H and O–H groups in total. The minimum Gasteiger partial charge on any atom is -0.456 e. The average Bonchev–Trinajstić information content (AvgIpc) is 3.90. The van der Waals surface area contributed by atoms with Crippen molar-refractivity contribution in [1.29, 1.82) is 0 Å². The van der Waals surface area contributed by atoms with Gasteiger partial charge in [0.1, 0.15) is 11.2 Å². The van der Waals surface area contributed by atoms with E-state index in [9.17, 15) is 0 Å². The standard InChI is InChI=1S/C54H33N7O/c1-4-16-34(17-5-1)49-56-52(58-53(57-49)38-28-30-42-41-24-12-15-27-47(41)62-48(42)33-38)37-29-31-46(61-44-25-13-10-22-39(44)40-23-11-14-26-45(40)61)43(32-37)54-59-50(35-18-6-2-7-19-35)55-51(60-54)36-20-8-3-9-21-36/h1-33H. The van der Waals surface area contributed by atoms with Gasteiger partial charge in [0.2, 0.25) is 0 Å². The lowest BCUT2D eigenvalue weighted by molar-refractivity contribution is 0.669. The largest absolute Gasteiger partial charge is 0.456 e. The summed E-state index contributed by atoms with van der Waals surface area (Å²) in [7, 11) is 0. The lowest BCUT2D eigenvalue weighted by Gasteiger charge is -2.16.